The van der Waals surface area contributed by atoms with Crippen molar-refractivity contribution in [3.63, 3.8) is 0 Å². The minimum absolute atomic E-state index is 0.260. The maximum Gasteiger partial charge on any atom is 0.165 e. The van der Waals surface area contributed by atoms with E-state index >= 15 is 0 Å². The van der Waals surface area contributed by atoms with E-state index in [-0.39, 0.29) is 5.82 Å². The fraction of sp³-hybridized carbons (Fsp3) is 0.571. The van der Waals surface area contributed by atoms with Crippen molar-refractivity contribution in [3.05, 3.63) is 29.6 Å². The quantitative estimate of drug-likeness (QED) is 0.850. The molecule has 1 N–H and O–H groups in total. The van der Waals surface area contributed by atoms with Crippen LogP contribution in [0.15, 0.2) is 18.2 Å². The van der Waals surface area contributed by atoms with Gasteiger partial charge in [-0.3, -0.25) is 0 Å². The first kappa shape index (κ1) is 12.4. The topological polar surface area (TPSA) is 21.3 Å². The molecule has 1 saturated heterocycles. The number of rotatable bonds is 5. The lowest BCUT2D eigenvalue weighted by molar-refractivity contribution is 0.150. The summed E-state index contributed by atoms with van der Waals surface area (Å²) in [5, 5.41) is 3.33. The van der Waals surface area contributed by atoms with Crippen molar-refractivity contribution >= 4 is 0 Å². The molecule has 17 heavy (non-hydrogen) atoms. The Morgan fingerprint density at radius 2 is 2.18 bits per heavy atom. The number of methoxy groups -OCH3 is 1. The molecule has 1 fully saturated rings. The maximum atomic E-state index is 13.6. The van der Waals surface area contributed by atoms with E-state index in [9.17, 15) is 4.39 Å². The summed E-state index contributed by atoms with van der Waals surface area (Å²) in [5.74, 6) is 0.0638. The lowest BCUT2D eigenvalue weighted by Crippen LogP contribution is -2.54. The second-order valence-electron chi connectivity index (χ2n) is 5.00. The zero-order valence-electron chi connectivity index (χ0n) is 10.6. The molecule has 1 aromatic carbocycles. The molecule has 1 aromatic rings. The highest BCUT2D eigenvalue weighted by Crippen LogP contribution is 2.33. The Labute approximate surface area is 102 Å². The zero-order chi connectivity index (χ0) is 12.3. The lowest BCUT2D eigenvalue weighted by atomic mass is 9.73. The van der Waals surface area contributed by atoms with Crippen molar-refractivity contribution in [2.24, 2.45) is 5.41 Å². The molecule has 2 nitrogen and oxygen atoms in total. The number of hydrogen-bond donors (Lipinski definition) is 1. The molecule has 0 spiro atoms. The SMILES string of the molecule is CCCC1(Cc2ccc(OC)c(F)c2)CNC1. The largest absolute Gasteiger partial charge is 0.494 e. The third kappa shape index (κ3) is 2.60. The molecular formula is C14H20FNO. The van der Waals surface area contributed by atoms with Crippen LogP contribution in [-0.2, 0) is 6.42 Å². The van der Waals surface area contributed by atoms with Crippen LogP contribution in [0.5, 0.6) is 5.75 Å². The number of nitrogens with one attached hydrogen (secondary N) is 1. The van der Waals surface area contributed by atoms with Crippen LogP contribution in [-0.4, -0.2) is 20.2 Å². The van der Waals surface area contributed by atoms with Gasteiger partial charge in [-0.05, 0) is 36.0 Å². The van der Waals surface area contributed by atoms with E-state index in [0.29, 0.717) is 11.2 Å². The Kier molecular flexibility index (Phi) is 3.67. The van der Waals surface area contributed by atoms with Crippen LogP contribution in [0.25, 0.3) is 0 Å². The van der Waals surface area contributed by atoms with Crippen LogP contribution in [0.2, 0.25) is 0 Å². The van der Waals surface area contributed by atoms with E-state index in [4.69, 9.17) is 4.74 Å². The van der Waals surface area contributed by atoms with Crippen molar-refractivity contribution in [3.8, 4) is 5.75 Å². The first-order valence-corrected chi connectivity index (χ1v) is 6.22. The second kappa shape index (κ2) is 5.05. The normalized spacial score (nSPS) is 17.6. The monoisotopic (exact) mass is 237 g/mol. The van der Waals surface area contributed by atoms with Gasteiger partial charge < -0.3 is 10.1 Å². The van der Waals surface area contributed by atoms with E-state index < -0.39 is 0 Å². The van der Waals surface area contributed by atoms with Crippen LogP contribution in [0, 0.1) is 11.2 Å². The molecule has 0 aromatic heterocycles. The highest BCUT2D eigenvalue weighted by atomic mass is 19.1. The highest BCUT2D eigenvalue weighted by molar-refractivity contribution is 5.30. The van der Waals surface area contributed by atoms with Crippen molar-refractivity contribution in [1.29, 1.82) is 0 Å². The van der Waals surface area contributed by atoms with Gasteiger partial charge in [-0.15, -0.1) is 0 Å². The van der Waals surface area contributed by atoms with Gasteiger partial charge in [0.25, 0.3) is 0 Å². The van der Waals surface area contributed by atoms with E-state index in [1.54, 1.807) is 12.1 Å². The van der Waals surface area contributed by atoms with Gasteiger partial charge in [0, 0.05) is 13.1 Å². The van der Waals surface area contributed by atoms with E-state index in [1.165, 1.54) is 20.0 Å². The fourth-order valence-corrected chi connectivity index (χ4v) is 2.65. The Hall–Kier alpha value is -1.09. The Morgan fingerprint density at radius 3 is 2.65 bits per heavy atom. The van der Waals surface area contributed by atoms with Gasteiger partial charge in [-0.2, -0.15) is 0 Å². The summed E-state index contributed by atoms with van der Waals surface area (Å²) in [6.07, 6.45) is 3.34. The number of ether oxygens (including phenoxy) is 1. The fourth-order valence-electron chi connectivity index (χ4n) is 2.65. The standard InChI is InChI=1S/C14H20FNO/c1-3-6-14(9-16-10-14)8-11-4-5-13(17-2)12(15)7-11/h4-5,7,16H,3,6,8-10H2,1-2H3. The van der Waals surface area contributed by atoms with Crippen molar-refractivity contribution < 1.29 is 9.13 Å². The summed E-state index contributed by atoms with van der Waals surface area (Å²) >= 11 is 0. The Morgan fingerprint density at radius 1 is 1.41 bits per heavy atom. The molecule has 1 aliphatic rings. The molecule has 0 radical (unpaired) electrons. The molecule has 0 saturated carbocycles. The van der Waals surface area contributed by atoms with Gasteiger partial charge in [0.05, 0.1) is 7.11 Å². The summed E-state index contributed by atoms with van der Waals surface area (Å²) in [7, 11) is 1.49. The van der Waals surface area contributed by atoms with Crippen LogP contribution < -0.4 is 10.1 Å². The predicted molar refractivity (Wildman–Crippen MR) is 66.9 cm³/mol. The summed E-state index contributed by atoms with van der Waals surface area (Å²) in [6.45, 7) is 4.30. The molecule has 2 rings (SSSR count). The molecule has 0 atom stereocenters. The summed E-state index contributed by atoms with van der Waals surface area (Å²) in [4.78, 5) is 0. The van der Waals surface area contributed by atoms with Gasteiger partial charge in [0.2, 0.25) is 0 Å². The van der Waals surface area contributed by atoms with Crippen molar-refractivity contribution in [1.82, 2.24) is 5.32 Å². The van der Waals surface area contributed by atoms with Gasteiger partial charge >= 0.3 is 0 Å². The van der Waals surface area contributed by atoms with E-state index in [1.807, 2.05) is 6.07 Å². The van der Waals surface area contributed by atoms with E-state index in [2.05, 4.69) is 12.2 Å². The summed E-state index contributed by atoms with van der Waals surface area (Å²) in [5.41, 5.74) is 1.41. The zero-order valence-corrected chi connectivity index (χ0v) is 10.6. The van der Waals surface area contributed by atoms with Gasteiger partial charge in [0.15, 0.2) is 11.6 Å². The smallest absolute Gasteiger partial charge is 0.165 e. The van der Waals surface area contributed by atoms with Crippen LogP contribution in [0.1, 0.15) is 25.3 Å². The van der Waals surface area contributed by atoms with Crippen molar-refractivity contribution in [2.45, 2.75) is 26.2 Å². The number of hydrogen-bond acceptors (Lipinski definition) is 2. The van der Waals surface area contributed by atoms with Crippen LogP contribution in [0.4, 0.5) is 4.39 Å². The van der Waals surface area contributed by atoms with Crippen LogP contribution >= 0.6 is 0 Å². The third-order valence-corrected chi connectivity index (χ3v) is 3.58. The molecule has 0 bridgehead atoms. The molecule has 94 valence electrons. The molecule has 0 unspecified atom stereocenters. The number of halogens is 1. The van der Waals surface area contributed by atoms with E-state index in [0.717, 1.165) is 25.1 Å². The van der Waals surface area contributed by atoms with Crippen LogP contribution in [0.3, 0.4) is 0 Å². The minimum Gasteiger partial charge on any atom is -0.494 e. The minimum atomic E-state index is -0.260. The first-order valence-electron chi connectivity index (χ1n) is 6.22. The van der Waals surface area contributed by atoms with Gasteiger partial charge in [0.1, 0.15) is 0 Å². The number of benzene rings is 1. The Balaban J connectivity index is 2.10. The average molecular weight is 237 g/mol. The van der Waals surface area contributed by atoms with Crippen molar-refractivity contribution in [2.75, 3.05) is 20.2 Å². The second-order valence-corrected chi connectivity index (χ2v) is 5.00. The molecular weight excluding hydrogens is 217 g/mol. The lowest BCUT2D eigenvalue weighted by Gasteiger charge is -2.43. The van der Waals surface area contributed by atoms with Gasteiger partial charge in [-0.1, -0.05) is 19.4 Å². The summed E-state index contributed by atoms with van der Waals surface area (Å²) in [6, 6.07) is 5.29. The van der Waals surface area contributed by atoms with Gasteiger partial charge in [-0.25, -0.2) is 4.39 Å². The molecule has 3 heteroatoms. The third-order valence-electron chi connectivity index (χ3n) is 3.58. The molecule has 1 heterocycles. The molecule has 0 amide bonds. The summed E-state index contributed by atoms with van der Waals surface area (Å²) < 4.78 is 18.5. The maximum absolute atomic E-state index is 13.6. The first-order chi connectivity index (χ1) is 8.19. The molecule has 1 aliphatic heterocycles. The predicted octanol–water partition coefficient (Wildman–Crippen LogP) is 2.77. The average Bonchev–Trinajstić information content (AvgIpc) is 2.26. The molecule has 0 aliphatic carbocycles. The highest BCUT2D eigenvalue weighted by Gasteiger charge is 2.35. The Bertz CT molecular complexity index is 388.